The van der Waals surface area contributed by atoms with E-state index in [-0.39, 0.29) is 5.82 Å². The Labute approximate surface area is 129 Å². The maximum Gasteiger partial charge on any atom is 0.208 e. The molecule has 2 aromatic rings. The lowest BCUT2D eigenvalue weighted by Gasteiger charge is -2.23. The molecule has 5 heteroatoms. The predicted octanol–water partition coefficient (Wildman–Crippen LogP) is 4.72. The Morgan fingerprint density at radius 1 is 1.29 bits per heavy atom. The van der Waals surface area contributed by atoms with Gasteiger partial charge in [0.1, 0.15) is 5.82 Å². The van der Waals surface area contributed by atoms with Gasteiger partial charge in [-0.05, 0) is 38.0 Å². The van der Waals surface area contributed by atoms with E-state index < -0.39 is 0 Å². The average Bonchev–Trinajstić information content (AvgIpc) is 2.83. The summed E-state index contributed by atoms with van der Waals surface area (Å²) in [4.78, 5) is 4.52. The minimum atomic E-state index is -0.302. The molecule has 1 aliphatic carbocycles. The molecule has 21 heavy (non-hydrogen) atoms. The Kier molecular flexibility index (Phi) is 4.15. The molecule has 1 N–H and O–H groups in total. The van der Waals surface area contributed by atoms with Crippen molar-refractivity contribution in [3.63, 3.8) is 0 Å². The van der Waals surface area contributed by atoms with Crippen LogP contribution in [0.4, 0.5) is 10.3 Å². The molecule has 0 radical (unpaired) electrons. The lowest BCUT2D eigenvalue weighted by atomic mass is 9.96. The fourth-order valence-corrected chi connectivity index (χ4v) is 3.09. The molecular formula is C16H19ClFN3. The molecule has 3 nitrogen and oxygen atoms in total. The molecule has 1 aromatic carbocycles. The fraction of sp³-hybridized carbons (Fsp3) is 0.438. The van der Waals surface area contributed by atoms with Gasteiger partial charge in [-0.1, -0.05) is 30.9 Å². The van der Waals surface area contributed by atoms with Crippen molar-refractivity contribution >= 4 is 17.5 Å². The smallest absolute Gasteiger partial charge is 0.208 e. The monoisotopic (exact) mass is 307 g/mol. The number of anilines is 1. The third kappa shape index (κ3) is 3.21. The van der Waals surface area contributed by atoms with Gasteiger partial charge in [-0.2, -0.15) is 0 Å². The zero-order valence-electron chi connectivity index (χ0n) is 12.1. The third-order valence-electron chi connectivity index (χ3n) is 3.93. The van der Waals surface area contributed by atoms with Gasteiger partial charge in [0.2, 0.25) is 5.95 Å². The first kappa shape index (κ1) is 14.4. The second kappa shape index (κ2) is 6.06. The molecule has 1 aromatic heterocycles. The third-order valence-corrected chi connectivity index (χ3v) is 4.25. The summed E-state index contributed by atoms with van der Waals surface area (Å²) in [6.45, 7) is 1.93. The number of hydrogen-bond donors (Lipinski definition) is 1. The largest absolute Gasteiger partial charge is 0.353 e. The fourth-order valence-electron chi connectivity index (χ4n) is 2.88. The summed E-state index contributed by atoms with van der Waals surface area (Å²) in [5.74, 6) is 0.441. The molecule has 0 saturated heterocycles. The van der Waals surface area contributed by atoms with Crippen molar-refractivity contribution in [3.05, 3.63) is 40.9 Å². The first-order chi connectivity index (χ1) is 10.1. The van der Waals surface area contributed by atoms with Crippen LogP contribution in [0.15, 0.2) is 24.4 Å². The highest BCUT2D eigenvalue weighted by Gasteiger charge is 2.17. The Morgan fingerprint density at radius 2 is 2.05 bits per heavy atom. The van der Waals surface area contributed by atoms with Gasteiger partial charge in [-0.25, -0.2) is 9.37 Å². The van der Waals surface area contributed by atoms with Crippen molar-refractivity contribution in [2.45, 2.75) is 45.1 Å². The molecule has 0 spiro atoms. The predicted molar refractivity (Wildman–Crippen MR) is 83.8 cm³/mol. The van der Waals surface area contributed by atoms with Crippen LogP contribution in [0.3, 0.4) is 0 Å². The zero-order chi connectivity index (χ0) is 14.8. The summed E-state index contributed by atoms with van der Waals surface area (Å²) >= 11 is 6.21. The maximum absolute atomic E-state index is 13.5. The van der Waals surface area contributed by atoms with Gasteiger partial charge >= 0.3 is 0 Å². The number of aromatic nitrogens is 2. The normalized spacial score (nSPS) is 16.1. The van der Waals surface area contributed by atoms with Gasteiger partial charge in [0.05, 0.1) is 16.4 Å². The molecular weight excluding hydrogens is 289 g/mol. The van der Waals surface area contributed by atoms with Gasteiger partial charge in [-0.15, -0.1) is 0 Å². The van der Waals surface area contributed by atoms with Crippen molar-refractivity contribution in [1.29, 1.82) is 0 Å². The molecule has 1 saturated carbocycles. The summed E-state index contributed by atoms with van der Waals surface area (Å²) in [5, 5.41) is 4.00. The van der Waals surface area contributed by atoms with E-state index in [1.54, 1.807) is 6.07 Å². The van der Waals surface area contributed by atoms with E-state index in [0.717, 1.165) is 24.5 Å². The zero-order valence-corrected chi connectivity index (χ0v) is 12.8. The summed E-state index contributed by atoms with van der Waals surface area (Å²) in [7, 11) is 0. The molecule has 3 rings (SSSR count). The standard InChI is InChI=1S/C16H19ClFN3/c1-11-10-21(15-9-12(18)7-8-14(15)17)16(19-11)20-13-5-3-2-4-6-13/h7-10,13H,2-6H2,1H3,(H,19,20). The van der Waals surface area contributed by atoms with Gasteiger partial charge in [0.25, 0.3) is 0 Å². The Hall–Kier alpha value is -1.55. The highest BCUT2D eigenvalue weighted by molar-refractivity contribution is 6.32. The molecule has 1 aliphatic rings. The van der Waals surface area contributed by atoms with E-state index in [4.69, 9.17) is 11.6 Å². The van der Waals surface area contributed by atoms with Crippen LogP contribution in [-0.2, 0) is 0 Å². The molecule has 1 fully saturated rings. The van der Waals surface area contributed by atoms with E-state index >= 15 is 0 Å². The number of nitrogens with one attached hydrogen (secondary N) is 1. The van der Waals surface area contributed by atoms with Crippen LogP contribution in [-0.4, -0.2) is 15.6 Å². The van der Waals surface area contributed by atoms with Gasteiger partial charge in [-0.3, -0.25) is 4.57 Å². The number of halogens is 2. The number of rotatable bonds is 3. The number of imidazole rings is 1. The van der Waals surface area contributed by atoms with E-state index in [2.05, 4.69) is 10.3 Å². The number of nitrogens with zero attached hydrogens (tertiary/aromatic N) is 2. The maximum atomic E-state index is 13.5. The summed E-state index contributed by atoms with van der Waals surface area (Å²) in [5.41, 5.74) is 1.50. The Morgan fingerprint density at radius 3 is 2.81 bits per heavy atom. The van der Waals surface area contributed by atoms with Crippen LogP contribution in [0.2, 0.25) is 5.02 Å². The Balaban J connectivity index is 1.93. The first-order valence-corrected chi connectivity index (χ1v) is 7.79. The Bertz CT molecular complexity index is 632. The van der Waals surface area contributed by atoms with Crippen LogP contribution in [0.25, 0.3) is 5.69 Å². The first-order valence-electron chi connectivity index (χ1n) is 7.41. The lowest BCUT2D eigenvalue weighted by molar-refractivity contribution is 0.460. The van der Waals surface area contributed by atoms with Gasteiger partial charge < -0.3 is 5.32 Å². The van der Waals surface area contributed by atoms with E-state index in [9.17, 15) is 4.39 Å². The van der Waals surface area contributed by atoms with Crippen molar-refractivity contribution in [2.75, 3.05) is 5.32 Å². The van der Waals surface area contributed by atoms with E-state index in [1.165, 1.54) is 31.4 Å². The topological polar surface area (TPSA) is 29.9 Å². The summed E-state index contributed by atoms with van der Waals surface area (Å²) < 4.78 is 15.4. The quantitative estimate of drug-likeness (QED) is 0.889. The minimum Gasteiger partial charge on any atom is -0.353 e. The SMILES string of the molecule is Cc1cn(-c2cc(F)ccc2Cl)c(NC2CCCCC2)n1. The molecule has 0 amide bonds. The number of benzene rings is 1. The van der Waals surface area contributed by atoms with Crippen molar-refractivity contribution in [3.8, 4) is 5.69 Å². The second-order valence-electron chi connectivity index (χ2n) is 5.65. The van der Waals surface area contributed by atoms with E-state index in [1.807, 2.05) is 17.7 Å². The van der Waals surface area contributed by atoms with Gasteiger partial charge in [0.15, 0.2) is 0 Å². The average molecular weight is 308 g/mol. The second-order valence-corrected chi connectivity index (χ2v) is 6.06. The van der Waals surface area contributed by atoms with Crippen LogP contribution >= 0.6 is 11.6 Å². The van der Waals surface area contributed by atoms with Crippen molar-refractivity contribution in [2.24, 2.45) is 0 Å². The number of hydrogen-bond acceptors (Lipinski definition) is 2. The molecule has 0 aliphatic heterocycles. The van der Waals surface area contributed by atoms with Crippen LogP contribution < -0.4 is 5.32 Å². The highest BCUT2D eigenvalue weighted by Crippen LogP contribution is 2.27. The molecule has 1 heterocycles. The molecule has 0 bridgehead atoms. The summed E-state index contributed by atoms with van der Waals surface area (Å²) in [6, 6.07) is 4.82. The highest BCUT2D eigenvalue weighted by atomic mass is 35.5. The number of aryl methyl sites for hydroxylation is 1. The van der Waals surface area contributed by atoms with Crippen molar-refractivity contribution in [1.82, 2.24) is 9.55 Å². The van der Waals surface area contributed by atoms with Gasteiger partial charge in [0, 0.05) is 12.2 Å². The summed E-state index contributed by atoms with van der Waals surface area (Å²) in [6.07, 6.45) is 7.99. The molecule has 112 valence electrons. The minimum absolute atomic E-state index is 0.302. The molecule has 0 atom stereocenters. The lowest BCUT2D eigenvalue weighted by Crippen LogP contribution is -2.24. The molecule has 0 unspecified atom stereocenters. The van der Waals surface area contributed by atoms with Crippen LogP contribution in [0.5, 0.6) is 0 Å². The van der Waals surface area contributed by atoms with Crippen LogP contribution in [0.1, 0.15) is 37.8 Å². The van der Waals surface area contributed by atoms with Crippen LogP contribution in [0, 0.1) is 12.7 Å². The van der Waals surface area contributed by atoms with E-state index in [0.29, 0.717) is 16.8 Å². The van der Waals surface area contributed by atoms with Crippen molar-refractivity contribution < 1.29 is 4.39 Å².